The molecule has 8 aromatic carbocycles. The van der Waals surface area contributed by atoms with Crippen LogP contribution < -0.4 is 4.90 Å². The van der Waals surface area contributed by atoms with E-state index in [4.69, 9.17) is 8.83 Å². The van der Waals surface area contributed by atoms with E-state index >= 15 is 0 Å². The van der Waals surface area contributed by atoms with Crippen LogP contribution in [0.15, 0.2) is 179 Å². The molecule has 51 heavy (non-hydrogen) atoms. The number of rotatable bonds is 4. The van der Waals surface area contributed by atoms with Crippen LogP contribution in [-0.2, 0) is 0 Å². The van der Waals surface area contributed by atoms with Crippen molar-refractivity contribution in [3.63, 3.8) is 0 Å². The molecule has 0 fully saturated rings. The second kappa shape index (κ2) is 10.8. The van der Waals surface area contributed by atoms with Crippen molar-refractivity contribution in [2.24, 2.45) is 0 Å². The lowest BCUT2D eigenvalue weighted by molar-refractivity contribution is 0.672. The molecule has 0 aliphatic rings. The summed E-state index contributed by atoms with van der Waals surface area (Å²) in [4.78, 5) is 6.78. The van der Waals surface area contributed by atoms with Crippen LogP contribution in [-0.4, -0.2) is 4.98 Å². The lowest BCUT2D eigenvalue weighted by Gasteiger charge is -2.25. The van der Waals surface area contributed by atoms with Crippen molar-refractivity contribution in [1.29, 1.82) is 0 Å². The molecule has 0 bridgehead atoms. The first-order valence-corrected chi connectivity index (χ1v) is 17.2. The number of pyridine rings is 1. The molecule has 4 heteroatoms. The zero-order valence-electron chi connectivity index (χ0n) is 27.4. The van der Waals surface area contributed by atoms with Gasteiger partial charge in [-0.15, -0.1) is 0 Å². The van der Waals surface area contributed by atoms with Gasteiger partial charge in [0, 0.05) is 73.1 Å². The fourth-order valence-corrected chi connectivity index (χ4v) is 7.77. The highest BCUT2D eigenvalue weighted by molar-refractivity contribution is 6.17. The van der Waals surface area contributed by atoms with Gasteiger partial charge in [-0.1, -0.05) is 84.9 Å². The van der Waals surface area contributed by atoms with Gasteiger partial charge in [0.25, 0.3) is 0 Å². The van der Waals surface area contributed by atoms with Crippen LogP contribution in [0.3, 0.4) is 0 Å². The smallest absolute Gasteiger partial charge is 0.143 e. The fraction of sp³-hybridized carbons (Fsp3) is 0. The second-order valence-corrected chi connectivity index (χ2v) is 13.2. The Bertz CT molecular complexity index is 3000. The molecule has 0 saturated heterocycles. The molecule has 0 amide bonds. The summed E-state index contributed by atoms with van der Waals surface area (Å²) in [5.41, 5.74) is 9.84. The van der Waals surface area contributed by atoms with Crippen molar-refractivity contribution in [1.82, 2.24) is 4.98 Å². The molecule has 0 N–H and O–H groups in total. The molecule has 4 nitrogen and oxygen atoms in total. The Labute approximate surface area is 292 Å². The topological polar surface area (TPSA) is 42.4 Å². The van der Waals surface area contributed by atoms with E-state index in [1.165, 1.54) is 10.8 Å². The number of anilines is 3. The van der Waals surface area contributed by atoms with Crippen LogP contribution in [0.5, 0.6) is 0 Å². The second-order valence-electron chi connectivity index (χ2n) is 13.2. The maximum Gasteiger partial charge on any atom is 0.143 e. The van der Waals surface area contributed by atoms with Crippen molar-refractivity contribution in [2.75, 3.05) is 4.90 Å². The van der Waals surface area contributed by atoms with Crippen molar-refractivity contribution in [3.05, 3.63) is 170 Å². The summed E-state index contributed by atoms with van der Waals surface area (Å²) in [6.07, 6.45) is 1.83. The molecule has 0 spiro atoms. The van der Waals surface area contributed by atoms with E-state index in [0.717, 1.165) is 93.7 Å². The first kappa shape index (κ1) is 28.0. The first-order valence-electron chi connectivity index (χ1n) is 17.2. The largest absolute Gasteiger partial charge is 0.455 e. The van der Waals surface area contributed by atoms with E-state index in [9.17, 15) is 0 Å². The number of aromatic nitrogens is 1. The number of benzene rings is 8. The van der Waals surface area contributed by atoms with E-state index in [2.05, 4.69) is 168 Å². The van der Waals surface area contributed by atoms with E-state index < -0.39 is 0 Å². The van der Waals surface area contributed by atoms with Crippen LogP contribution in [0.25, 0.3) is 87.5 Å². The third-order valence-corrected chi connectivity index (χ3v) is 10.3. The van der Waals surface area contributed by atoms with Gasteiger partial charge >= 0.3 is 0 Å². The van der Waals surface area contributed by atoms with E-state index in [1.807, 2.05) is 12.3 Å². The van der Waals surface area contributed by atoms with Gasteiger partial charge in [0.1, 0.15) is 22.3 Å². The molecule has 0 saturated carbocycles. The summed E-state index contributed by atoms with van der Waals surface area (Å²) >= 11 is 0. The predicted molar refractivity (Wildman–Crippen MR) is 211 cm³/mol. The van der Waals surface area contributed by atoms with Gasteiger partial charge in [-0.2, -0.15) is 0 Å². The normalized spacial score (nSPS) is 11.9. The van der Waals surface area contributed by atoms with E-state index in [1.54, 1.807) is 0 Å². The third kappa shape index (κ3) is 4.37. The molecule has 238 valence electrons. The highest BCUT2D eigenvalue weighted by Gasteiger charge is 2.19. The Hall–Kier alpha value is -6.91. The Morgan fingerprint density at radius 3 is 1.53 bits per heavy atom. The lowest BCUT2D eigenvalue weighted by atomic mass is 10.0. The number of hydrogen-bond donors (Lipinski definition) is 0. The average molecular weight is 653 g/mol. The Kier molecular flexibility index (Phi) is 5.92. The highest BCUT2D eigenvalue weighted by Crippen LogP contribution is 2.43. The summed E-state index contributed by atoms with van der Waals surface area (Å²) in [5.74, 6) is 0. The van der Waals surface area contributed by atoms with Gasteiger partial charge in [0.2, 0.25) is 0 Å². The van der Waals surface area contributed by atoms with Gasteiger partial charge in [0.05, 0.1) is 5.52 Å². The molecule has 11 aromatic rings. The monoisotopic (exact) mass is 652 g/mol. The van der Waals surface area contributed by atoms with Crippen molar-refractivity contribution in [3.8, 4) is 11.1 Å². The minimum atomic E-state index is 0.849. The van der Waals surface area contributed by atoms with Crippen LogP contribution in [0.1, 0.15) is 0 Å². The maximum atomic E-state index is 6.64. The zero-order valence-corrected chi connectivity index (χ0v) is 27.4. The standard InChI is InChI=1S/C47H28N2O2/c1-3-9-37-30(6-1)13-20-41-39-22-18-35(27-44(39)50-46(37)41)49(34-16-11-29(12-17-34)32-15-24-43-33(26-32)8-5-25-48-43)36-19-23-40-42-21-14-31-7-2-4-10-38(31)47(42)51-45(40)28-36/h1-28H. The lowest BCUT2D eigenvalue weighted by Crippen LogP contribution is -2.09. The summed E-state index contributed by atoms with van der Waals surface area (Å²) in [7, 11) is 0. The van der Waals surface area contributed by atoms with Gasteiger partial charge in [0.15, 0.2) is 0 Å². The molecule has 11 rings (SSSR count). The quantitative estimate of drug-likeness (QED) is 0.190. The van der Waals surface area contributed by atoms with Crippen molar-refractivity contribution < 1.29 is 8.83 Å². The average Bonchev–Trinajstić information content (AvgIpc) is 3.76. The SMILES string of the molecule is c1cnc2ccc(-c3ccc(N(c4ccc5c(c4)oc4c6ccccc6ccc54)c4ccc5c(c4)oc4c6ccccc6ccc54)cc3)cc2c1. The van der Waals surface area contributed by atoms with Crippen LogP contribution >= 0.6 is 0 Å². The van der Waals surface area contributed by atoms with E-state index in [0.29, 0.717) is 0 Å². The molecule has 3 heterocycles. The maximum absolute atomic E-state index is 6.64. The van der Waals surface area contributed by atoms with Crippen LogP contribution in [0, 0.1) is 0 Å². The highest BCUT2D eigenvalue weighted by atomic mass is 16.3. The fourth-order valence-electron chi connectivity index (χ4n) is 7.77. The minimum absolute atomic E-state index is 0.849. The van der Waals surface area contributed by atoms with Crippen LogP contribution in [0.4, 0.5) is 17.1 Å². The molecule has 0 unspecified atom stereocenters. The first-order chi connectivity index (χ1) is 25.2. The van der Waals surface area contributed by atoms with Gasteiger partial charge in [-0.05, 0) is 88.6 Å². The third-order valence-electron chi connectivity index (χ3n) is 10.3. The van der Waals surface area contributed by atoms with Gasteiger partial charge in [-0.25, -0.2) is 0 Å². The summed E-state index contributed by atoms with van der Waals surface area (Å²) in [6, 6.07) is 57.8. The van der Waals surface area contributed by atoms with Crippen molar-refractivity contribution in [2.45, 2.75) is 0 Å². The number of nitrogens with zero attached hydrogens (tertiary/aromatic N) is 2. The molecular formula is C47H28N2O2. The Morgan fingerprint density at radius 1 is 0.373 bits per heavy atom. The molecule has 0 radical (unpaired) electrons. The Morgan fingerprint density at radius 2 is 0.902 bits per heavy atom. The van der Waals surface area contributed by atoms with E-state index in [-0.39, 0.29) is 0 Å². The summed E-state index contributed by atoms with van der Waals surface area (Å²) in [6.45, 7) is 0. The molecular weight excluding hydrogens is 625 g/mol. The number of furan rings is 2. The molecule has 0 atom stereocenters. The zero-order chi connectivity index (χ0) is 33.5. The summed E-state index contributed by atoms with van der Waals surface area (Å²) in [5, 5.41) is 10.1. The molecule has 3 aromatic heterocycles. The minimum Gasteiger partial charge on any atom is -0.455 e. The van der Waals surface area contributed by atoms with Gasteiger partial charge in [-0.3, -0.25) is 4.98 Å². The molecule has 0 aliphatic heterocycles. The number of hydrogen-bond acceptors (Lipinski definition) is 4. The summed E-state index contributed by atoms with van der Waals surface area (Å²) < 4.78 is 13.3. The van der Waals surface area contributed by atoms with Gasteiger partial charge < -0.3 is 13.7 Å². The predicted octanol–water partition coefficient (Wildman–Crippen LogP) is 13.5. The van der Waals surface area contributed by atoms with Crippen LogP contribution in [0.2, 0.25) is 0 Å². The Balaban J connectivity index is 1.09. The number of fused-ring (bicyclic) bond motifs is 11. The molecule has 0 aliphatic carbocycles. The van der Waals surface area contributed by atoms with Crippen molar-refractivity contribution >= 4 is 93.4 Å².